The molecule has 1 unspecified atom stereocenters. The van der Waals surface area contributed by atoms with Gasteiger partial charge in [-0.05, 0) is 73.0 Å². The highest BCUT2D eigenvalue weighted by Crippen LogP contribution is 2.37. The van der Waals surface area contributed by atoms with Crippen molar-refractivity contribution in [1.82, 2.24) is 9.97 Å². The van der Waals surface area contributed by atoms with Gasteiger partial charge in [-0.2, -0.15) is 0 Å². The van der Waals surface area contributed by atoms with Gasteiger partial charge in [0.05, 0.1) is 0 Å². The van der Waals surface area contributed by atoms with E-state index in [-0.39, 0.29) is 0 Å². The van der Waals surface area contributed by atoms with Crippen molar-refractivity contribution in [2.75, 3.05) is 0 Å². The highest BCUT2D eigenvalue weighted by molar-refractivity contribution is 5.29. The number of hydrogen-bond acceptors (Lipinski definition) is 2. The van der Waals surface area contributed by atoms with Crippen LogP contribution in [0.2, 0.25) is 0 Å². The first-order valence-electron chi connectivity index (χ1n) is 9.63. The van der Waals surface area contributed by atoms with Crippen molar-refractivity contribution >= 4 is 0 Å². The van der Waals surface area contributed by atoms with Crippen LogP contribution >= 0.6 is 0 Å². The molecule has 3 rings (SSSR count). The van der Waals surface area contributed by atoms with E-state index < -0.39 is 0 Å². The topological polar surface area (TPSA) is 25.8 Å². The maximum Gasteiger partial charge on any atom is 0.115 e. The molecule has 0 radical (unpaired) electrons. The molecular weight excluding hydrogens is 292 g/mol. The lowest BCUT2D eigenvalue weighted by Crippen LogP contribution is -2.12. The van der Waals surface area contributed by atoms with Crippen LogP contribution in [0, 0.1) is 5.92 Å². The fraction of sp³-hybridized carbons (Fsp3) is 0.545. The number of nitrogens with zero attached hydrogens (tertiary/aromatic N) is 2. The second-order valence-corrected chi connectivity index (χ2v) is 7.35. The summed E-state index contributed by atoms with van der Waals surface area (Å²) in [5, 5.41) is 0. The second kappa shape index (κ2) is 8.41. The largest absolute Gasteiger partial charge is 0.245 e. The van der Waals surface area contributed by atoms with E-state index in [1.54, 1.807) is 11.9 Å². The third-order valence-electron chi connectivity index (χ3n) is 5.89. The van der Waals surface area contributed by atoms with Gasteiger partial charge in [-0.3, -0.25) is 0 Å². The molecule has 0 bridgehead atoms. The molecule has 1 aliphatic carbocycles. The molecule has 24 heavy (non-hydrogen) atoms. The summed E-state index contributed by atoms with van der Waals surface area (Å²) in [6, 6.07) is 9.49. The summed E-state index contributed by atoms with van der Waals surface area (Å²) in [4.78, 5) is 8.29. The van der Waals surface area contributed by atoms with E-state index >= 15 is 0 Å². The Bertz CT molecular complexity index is 598. The van der Waals surface area contributed by atoms with Crippen molar-refractivity contribution in [2.45, 2.75) is 70.6 Å². The van der Waals surface area contributed by atoms with Gasteiger partial charge in [-0.1, -0.05) is 44.5 Å². The quantitative estimate of drug-likeness (QED) is 0.662. The molecule has 128 valence electrons. The molecule has 0 N–H and O–H groups in total. The van der Waals surface area contributed by atoms with E-state index in [2.05, 4.69) is 48.1 Å². The molecule has 2 nitrogen and oxygen atoms in total. The van der Waals surface area contributed by atoms with E-state index in [0.717, 1.165) is 24.7 Å². The SMILES string of the molecule is CCC1CCC(c2ccc(C(CC)Cc3cncnc3)cc2)CC1. The average molecular weight is 322 g/mol. The van der Waals surface area contributed by atoms with Crippen molar-refractivity contribution in [3.05, 3.63) is 59.7 Å². The summed E-state index contributed by atoms with van der Waals surface area (Å²) in [5.41, 5.74) is 4.23. The predicted molar refractivity (Wildman–Crippen MR) is 100 cm³/mol. The molecule has 1 aromatic heterocycles. The average Bonchev–Trinajstić information content (AvgIpc) is 2.67. The Labute approximate surface area is 146 Å². The van der Waals surface area contributed by atoms with Gasteiger partial charge in [0.1, 0.15) is 6.33 Å². The molecule has 1 aliphatic rings. The molecule has 1 heterocycles. The lowest BCUT2D eigenvalue weighted by molar-refractivity contribution is 0.319. The first-order valence-corrected chi connectivity index (χ1v) is 9.63. The Morgan fingerprint density at radius 1 is 0.958 bits per heavy atom. The molecule has 0 aliphatic heterocycles. The molecular formula is C22H30N2. The first kappa shape index (κ1) is 17.1. The minimum absolute atomic E-state index is 0.556. The van der Waals surface area contributed by atoms with Gasteiger partial charge < -0.3 is 0 Å². The lowest BCUT2D eigenvalue weighted by atomic mass is 9.77. The number of aromatic nitrogens is 2. The minimum Gasteiger partial charge on any atom is -0.245 e. The van der Waals surface area contributed by atoms with Gasteiger partial charge in [0.15, 0.2) is 0 Å². The van der Waals surface area contributed by atoms with Crippen molar-refractivity contribution in [2.24, 2.45) is 5.92 Å². The molecule has 1 aromatic carbocycles. The van der Waals surface area contributed by atoms with Crippen molar-refractivity contribution in [3.63, 3.8) is 0 Å². The Morgan fingerprint density at radius 2 is 1.62 bits per heavy atom. The molecule has 0 saturated heterocycles. The van der Waals surface area contributed by atoms with E-state index in [9.17, 15) is 0 Å². The highest BCUT2D eigenvalue weighted by atomic mass is 14.8. The molecule has 1 atom stereocenters. The standard InChI is InChI=1S/C22H30N2/c1-3-17-5-7-21(8-6-17)22-11-9-20(10-12-22)19(4-2)13-18-14-23-16-24-15-18/h9-12,14-17,19,21H,3-8,13H2,1-2H3. The summed E-state index contributed by atoms with van der Waals surface area (Å²) in [6.45, 7) is 4.61. The maximum atomic E-state index is 4.14. The number of benzene rings is 1. The van der Waals surface area contributed by atoms with E-state index in [1.807, 2.05) is 12.4 Å². The number of hydrogen-bond donors (Lipinski definition) is 0. The highest BCUT2D eigenvalue weighted by Gasteiger charge is 2.21. The molecule has 0 spiro atoms. The van der Waals surface area contributed by atoms with Crippen LogP contribution in [-0.2, 0) is 6.42 Å². The normalized spacial score (nSPS) is 22.2. The second-order valence-electron chi connectivity index (χ2n) is 7.35. The van der Waals surface area contributed by atoms with Crippen LogP contribution in [0.3, 0.4) is 0 Å². The fourth-order valence-electron chi connectivity index (χ4n) is 4.16. The Kier molecular flexibility index (Phi) is 6.01. The number of rotatable bonds is 6. The van der Waals surface area contributed by atoms with E-state index in [0.29, 0.717) is 5.92 Å². The van der Waals surface area contributed by atoms with Gasteiger partial charge in [-0.25, -0.2) is 9.97 Å². The van der Waals surface area contributed by atoms with E-state index in [4.69, 9.17) is 0 Å². The van der Waals surface area contributed by atoms with Crippen molar-refractivity contribution in [1.29, 1.82) is 0 Å². The zero-order valence-corrected chi connectivity index (χ0v) is 15.1. The smallest absolute Gasteiger partial charge is 0.115 e. The fourth-order valence-corrected chi connectivity index (χ4v) is 4.16. The molecule has 1 saturated carbocycles. The van der Waals surface area contributed by atoms with E-state index in [1.165, 1.54) is 43.2 Å². The van der Waals surface area contributed by atoms with Crippen LogP contribution in [-0.4, -0.2) is 9.97 Å². The molecule has 0 amide bonds. The maximum absolute atomic E-state index is 4.14. The predicted octanol–water partition coefficient (Wildman–Crippen LogP) is 5.90. The summed E-state index contributed by atoms with van der Waals surface area (Å²) >= 11 is 0. The minimum atomic E-state index is 0.556. The monoisotopic (exact) mass is 322 g/mol. The molecule has 2 heteroatoms. The zero-order chi connectivity index (χ0) is 16.8. The van der Waals surface area contributed by atoms with Gasteiger partial charge in [-0.15, -0.1) is 0 Å². The van der Waals surface area contributed by atoms with Crippen molar-refractivity contribution < 1.29 is 0 Å². The van der Waals surface area contributed by atoms with Crippen LogP contribution in [0.1, 0.15) is 80.9 Å². The zero-order valence-electron chi connectivity index (χ0n) is 15.1. The van der Waals surface area contributed by atoms with Crippen LogP contribution in [0.25, 0.3) is 0 Å². The lowest BCUT2D eigenvalue weighted by Gasteiger charge is -2.28. The Morgan fingerprint density at radius 3 is 2.21 bits per heavy atom. The van der Waals surface area contributed by atoms with Gasteiger partial charge in [0.25, 0.3) is 0 Å². The van der Waals surface area contributed by atoms with Gasteiger partial charge >= 0.3 is 0 Å². The first-order chi connectivity index (χ1) is 11.8. The molecule has 1 fully saturated rings. The summed E-state index contributed by atoms with van der Waals surface area (Å²) in [7, 11) is 0. The van der Waals surface area contributed by atoms with Crippen LogP contribution in [0.5, 0.6) is 0 Å². The Balaban J connectivity index is 1.64. The van der Waals surface area contributed by atoms with Crippen molar-refractivity contribution in [3.8, 4) is 0 Å². The molecule has 2 aromatic rings. The summed E-state index contributed by atoms with van der Waals surface area (Å²) in [6.07, 6.45) is 14.6. The Hall–Kier alpha value is -1.70. The summed E-state index contributed by atoms with van der Waals surface area (Å²) in [5.74, 6) is 2.31. The van der Waals surface area contributed by atoms with Crippen LogP contribution in [0.4, 0.5) is 0 Å². The summed E-state index contributed by atoms with van der Waals surface area (Å²) < 4.78 is 0. The van der Waals surface area contributed by atoms with Crippen LogP contribution in [0.15, 0.2) is 43.0 Å². The van der Waals surface area contributed by atoms with Gasteiger partial charge in [0.2, 0.25) is 0 Å². The van der Waals surface area contributed by atoms with Crippen LogP contribution < -0.4 is 0 Å². The van der Waals surface area contributed by atoms with Gasteiger partial charge in [0, 0.05) is 12.4 Å². The third kappa shape index (κ3) is 4.23. The third-order valence-corrected chi connectivity index (χ3v) is 5.89.